The minimum Gasteiger partial charge on any atom is -0.440 e. The van der Waals surface area contributed by atoms with Crippen molar-refractivity contribution in [3.63, 3.8) is 0 Å². The SMILES string of the molecule is O=[N+]([O-])c1cccnc1O[C@@H]1O[C@H](CO[C@@H]2O[C@H](CO)[C@H](O)[C@H](O)[C@H]2O)[C@@H](O)[C@H](O)[C@H]1O. The molecule has 2 aliphatic heterocycles. The molecule has 15 nitrogen and oxygen atoms in total. The molecule has 0 aliphatic carbocycles. The smallest absolute Gasteiger partial charge is 0.331 e. The van der Waals surface area contributed by atoms with Crippen molar-refractivity contribution in [3.05, 3.63) is 28.4 Å². The van der Waals surface area contributed by atoms with Crippen molar-refractivity contribution < 1.29 is 59.6 Å². The molecule has 0 bridgehead atoms. The van der Waals surface area contributed by atoms with Crippen molar-refractivity contribution in [2.45, 2.75) is 61.4 Å². The van der Waals surface area contributed by atoms with Crippen LogP contribution in [0.15, 0.2) is 18.3 Å². The highest BCUT2D eigenvalue weighted by Crippen LogP contribution is 2.29. The van der Waals surface area contributed by atoms with E-state index in [4.69, 9.17) is 18.9 Å². The number of hydrogen-bond donors (Lipinski definition) is 7. The number of ether oxygens (including phenoxy) is 4. The average molecular weight is 464 g/mol. The number of rotatable bonds is 7. The summed E-state index contributed by atoms with van der Waals surface area (Å²) in [5.41, 5.74) is -0.530. The van der Waals surface area contributed by atoms with Crippen LogP contribution in [0.1, 0.15) is 0 Å². The molecule has 0 spiro atoms. The summed E-state index contributed by atoms with van der Waals surface area (Å²) in [6, 6.07) is 2.39. The molecule has 2 saturated heterocycles. The third kappa shape index (κ3) is 4.96. The van der Waals surface area contributed by atoms with E-state index in [2.05, 4.69) is 4.98 Å². The zero-order valence-electron chi connectivity index (χ0n) is 16.4. The van der Waals surface area contributed by atoms with Gasteiger partial charge in [0, 0.05) is 12.3 Å². The van der Waals surface area contributed by atoms with E-state index in [1.54, 1.807) is 0 Å². The molecule has 10 atom stereocenters. The van der Waals surface area contributed by atoms with E-state index in [1.807, 2.05) is 0 Å². The zero-order valence-corrected chi connectivity index (χ0v) is 16.4. The molecule has 1 aromatic heterocycles. The molecular weight excluding hydrogens is 440 g/mol. The van der Waals surface area contributed by atoms with E-state index in [-0.39, 0.29) is 0 Å². The number of hydrogen-bond acceptors (Lipinski definition) is 14. The normalized spacial score (nSPS) is 40.1. The van der Waals surface area contributed by atoms with Crippen LogP contribution in [-0.4, -0.2) is 120 Å². The molecule has 0 unspecified atom stereocenters. The van der Waals surface area contributed by atoms with Gasteiger partial charge in [-0.3, -0.25) is 10.1 Å². The Kier molecular flexibility index (Phi) is 7.88. The molecule has 2 fully saturated rings. The Morgan fingerprint density at radius 3 is 2.16 bits per heavy atom. The molecule has 0 aromatic carbocycles. The van der Waals surface area contributed by atoms with E-state index in [0.29, 0.717) is 0 Å². The van der Waals surface area contributed by atoms with Gasteiger partial charge in [-0.2, -0.15) is 0 Å². The predicted molar refractivity (Wildman–Crippen MR) is 97.9 cm³/mol. The lowest BCUT2D eigenvalue weighted by Crippen LogP contribution is -2.62. The Labute approximate surface area is 180 Å². The van der Waals surface area contributed by atoms with Crippen LogP contribution < -0.4 is 4.74 Å². The molecule has 1 aromatic rings. The fourth-order valence-electron chi connectivity index (χ4n) is 3.27. The number of aliphatic hydroxyl groups is 7. The Morgan fingerprint density at radius 2 is 1.53 bits per heavy atom. The van der Waals surface area contributed by atoms with Crippen LogP contribution in [0, 0.1) is 10.1 Å². The molecule has 0 saturated carbocycles. The van der Waals surface area contributed by atoms with Crippen molar-refractivity contribution in [1.29, 1.82) is 0 Å². The van der Waals surface area contributed by atoms with Gasteiger partial charge < -0.3 is 54.7 Å². The third-order valence-electron chi connectivity index (χ3n) is 5.12. The Hall–Kier alpha value is -2.05. The van der Waals surface area contributed by atoms with Gasteiger partial charge in [-0.05, 0) is 6.07 Å². The highest BCUT2D eigenvalue weighted by atomic mass is 16.7. The first-order valence-corrected chi connectivity index (χ1v) is 9.53. The second kappa shape index (κ2) is 10.3. The van der Waals surface area contributed by atoms with Crippen LogP contribution in [0.3, 0.4) is 0 Å². The van der Waals surface area contributed by atoms with Crippen molar-refractivity contribution in [3.8, 4) is 5.88 Å². The minimum absolute atomic E-state index is 0.501. The molecule has 3 heterocycles. The lowest BCUT2D eigenvalue weighted by atomic mass is 9.98. The maximum absolute atomic E-state index is 11.1. The van der Waals surface area contributed by atoms with Crippen molar-refractivity contribution in [2.24, 2.45) is 0 Å². The van der Waals surface area contributed by atoms with Crippen LogP contribution in [-0.2, 0) is 14.2 Å². The van der Waals surface area contributed by atoms with Gasteiger partial charge in [-0.15, -0.1) is 0 Å². The molecule has 0 radical (unpaired) electrons. The molecule has 3 rings (SSSR count). The maximum Gasteiger partial charge on any atom is 0.331 e. The number of pyridine rings is 1. The highest BCUT2D eigenvalue weighted by molar-refractivity contribution is 5.39. The van der Waals surface area contributed by atoms with Crippen LogP contribution >= 0.6 is 0 Å². The molecule has 32 heavy (non-hydrogen) atoms. The predicted octanol–water partition coefficient (Wildman–Crippen LogP) is -4.01. The average Bonchev–Trinajstić information content (AvgIpc) is 2.78. The van der Waals surface area contributed by atoms with Crippen molar-refractivity contribution >= 4 is 5.69 Å². The molecule has 180 valence electrons. The van der Waals surface area contributed by atoms with E-state index < -0.39 is 91.1 Å². The summed E-state index contributed by atoms with van der Waals surface area (Å²) in [5.74, 6) is -0.501. The maximum atomic E-state index is 11.1. The molecule has 15 heteroatoms. The summed E-state index contributed by atoms with van der Waals surface area (Å²) in [5, 5.41) is 80.4. The Balaban J connectivity index is 1.69. The fraction of sp³-hybridized carbons (Fsp3) is 0.706. The van der Waals surface area contributed by atoms with Gasteiger partial charge in [-0.1, -0.05) is 0 Å². The number of nitro groups is 1. The first kappa shape index (κ1) is 24.6. The van der Waals surface area contributed by atoms with E-state index >= 15 is 0 Å². The van der Waals surface area contributed by atoms with Gasteiger partial charge >= 0.3 is 5.69 Å². The standard InChI is InChI=1S/C17H24N2O13/c20-4-7-9(21)11(23)13(25)16(30-7)29-5-8-10(22)12(24)14(26)17(31-8)32-15-6(19(27)28)2-1-3-18-15/h1-3,7-14,16-17,20-26H,4-5H2/t7-,8-,9+,10-,11+,12+,13-,14-,16-,17+/m1/s1. The quantitative estimate of drug-likeness (QED) is 0.150. The van der Waals surface area contributed by atoms with Gasteiger partial charge in [0.05, 0.1) is 18.1 Å². The monoisotopic (exact) mass is 464 g/mol. The van der Waals surface area contributed by atoms with Gasteiger partial charge in [0.25, 0.3) is 5.88 Å². The summed E-state index contributed by atoms with van der Waals surface area (Å²) in [4.78, 5) is 14.0. The van der Waals surface area contributed by atoms with Crippen molar-refractivity contribution in [2.75, 3.05) is 13.2 Å². The van der Waals surface area contributed by atoms with E-state index in [1.165, 1.54) is 12.3 Å². The summed E-state index contributed by atoms with van der Waals surface area (Å²) < 4.78 is 21.1. The highest BCUT2D eigenvalue weighted by Gasteiger charge is 2.48. The number of aromatic nitrogens is 1. The lowest BCUT2D eigenvalue weighted by Gasteiger charge is -2.42. The first-order valence-electron chi connectivity index (χ1n) is 9.53. The summed E-state index contributed by atoms with van der Waals surface area (Å²) >= 11 is 0. The molecule has 2 aliphatic rings. The lowest BCUT2D eigenvalue weighted by molar-refractivity contribution is -0.387. The van der Waals surface area contributed by atoms with Gasteiger partial charge in [-0.25, -0.2) is 4.98 Å². The van der Waals surface area contributed by atoms with E-state index in [0.717, 1.165) is 6.07 Å². The summed E-state index contributed by atoms with van der Waals surface area (Å²) in [6.45, 7) is -1.26. The van der Waals surface area contributed by atoms with Crippen LogP contribution in [0.4, 0.5) is 5.69 Å². The van der Waals surface area contributed by atoms with Gasteiger partial charge in [0.15, 0.2) is 6.29 Å². The molecular formula is C17H24N2O13. The third-order valence-corrected chi connectivity index (χ3v) is 5.12. The molecule has 7 N–H and O–H groups in total. The number of aliphatic hydroxyl groups excluding tert-OH is 7. The van der Waals surface area contributed by atoms with Gasteiger partial charge in [0.2, 0.25) is 6.29 Å². The topological polar surface area (TPSA) is 235 Å². The zero-order chi connectivity index (χ0) is 23.6. The van der Waals surface area contributed by atoms with Crippen LogP contribution in [0.5, 0.6) is 5.88 Å². The van der Waals surface area contributed by atoms with Crippen LogP contribution in [0.2, 0.25) is 0 Å². The Morgan fingerprint density at radius 1 is 0.938 bits per heavy atom. The van der Waals surface area contributed by atoms with E-state index in [9.17, 15) is 45.9 Å². The minimum atomic E-state index is -1.81. The second-order valence-electron chi connectivity index (χ2n) is 7.25. The summed E-state index contributed by atoms with van der Waals surface area (Å²) in [7, 11) is 0. The fourth-order valence-corrected chi connectivity index (χ4v) is 3.27. The largest absolute Gasteiger partial charge is 0.440 e. The van der Waals surface area contributed by atoms with Gasteiger partial charge in [0.1, 0.15) is 48.8 Å². The molecule has 0 amide bonds. The Bertz CT molecular complexity index is 783. The van der Waals surface area contributed by atoms with Crippen LogP contribution in [0.25, 0.3) is 0 Å². The summed E-state index contributed by atoms with van der Waals surface area (Å²) in [6.07, 6.45) is -15.0. The number of nitrogens with zero attached hydrogens (tertiary/aromatic N) is 2. The second-order valence-corrected chi connectivity index (χ2v) is 7.25. The first-order chi connectivity index (χ1) is 15.1. The van der Waals surface area contributed by atoms with Crippen molar-refractivity contribution in [1.82, 2.24) is 4.98 Å².